The van der Waals surface area contributed by atoms with E-state index in [-0.39, 0.29) is 29.8 Å². The van der Waals surface area contributed by atoms with E-state index in [4.69, 9.17) is 9.47 Å². The largest absolute Gasteiger partial charge is 0.490 e. The molecule has 0 aromatic heterocycles. The smallest absolute Gasteiger partial charge is 0.335 e. The Morgan fingerprint density at radius 2 is 1.43 bits per heavy atom. The van der Waals surface area contributed by atoms with Crippen molar-refractivity contribution in [3.63, 3.8) is 0 Å². The maximum Gasteiger partial charge on any atom is 0.335 e. The molecular weight excluding hydrogens is 796 g/mol. The fourth-order valence-corrected chi connectivity index (χ4v) is 8.62. The normalized spacial score (nSPS) is 18.7. The molecule has 54 heavy (non-hydrogen) atoms. The van der Waals surface area contributed by atoms with Gasteiger partial charge in [-0.15, -0.1) is 0 Å². The van der Waals surface area contributed by atoms with Crippen molar-refractivity contribution in [3.8, 4) is 11.5 Å². The third-order valence-corrected chi connectivity index (χ3v) is 11.1. The van der Waals surface area contributed by atoms with E-state index in [2.05, 4.69) is 57.1 Å². The molecule has 3 heterocycles. The Morgan fingerprint density at radius 1 is 0.815 bits per heavy atom. The monoisotopic (exact) mass is 833 g/mol. The van der Waals surface area contributed by atoms with Crippen LogP contribution in [-0.2, 0) is 16.2 Å². The highest BCUT2D eigenvalue weighted by Gasteiger charge is 2.40. The average Bonchev–Trinajstić information content (AvgIpc) is 3.18. The number of barbiturate groups is 1. The zero-order chi connectivity index (χ0) is 37.3. The zero-order valence-corrected chi connectivity index (χ0v) is 31.7. The summed E-state index contributed by atoms with van der Waals surface area (Å²) in [5.41, 5.74) is 7.19. The van der Waals surface area contributed by atoms with Gasteiger partial charge in [-0.05, 0) is 118 Å². The molecule has 0 bridgehead atoms. The molecule has 2 atom stereocenters. The van der Waals surface area contributed by atoms with Gasteiger partial charge in [0.15, 0.2) is 11.5 Å². The Hall–Kier alpha value is -5.49. The van der Waals surface area contributed by atoms with Crippen molar-refractivity contribution in [2.45, 2.75) is 38.2 Å². The van der Waals surface area contributed by atoms with Gasteiger partial charge in [0.1, 0.15) is 18.0 Å². The van der Waals surface area contributed by atoms with Crippen molar-refractivity contribution in [1.82, 2.24) is 5.32 Å². The Bertz CT molecular complexity index is 2210. The molecule has 1 N–H and O–H groups in total. The van der Waals surface area contributed by atoms with E-state index in [1.807, 2.05) is 55.5 Å². The van der Waals surface area contributed by atoms with E-state index >= 15 is 0 Å². The summed E-state index contributed by atoms with van der Waals surface area (Å²) in [6.45, 7) is 4.19. The second-order valence-corrected chi connectivity index (χ2v) is 14.8. The third kappa shape index (κ3) is 6.86. The van der Waals surface area contributed by atoms with Crippen LogP contribution < -0.4 is 24.6 Å². The minimum absolute atomic E-state index is 0.0631. The highest BCUT2D eigenvalue weighted by Crippen LogP contribution is 2.50. The number of amides is 4. The van der Waals surface area contributed by atoms with Gasteiger partial charge >= 0.3 is 6.03 Å². The first kappa shape index (κ1) is 35.5. The number of halogens is 2. The van der Waals surface area contributed by atoms with E-state index in [0.717, 1.165) is 53.2 Å². The number of rotatable bonds is 9. The topological polar surface area (TPSA) is 88.2 Å². The first-order valence-corrected chi connectivity index (χ1v) is 19.1. The van der Waals surface area contributed by atoms with Crippen LogP contribution >= 0.6 is 22.6 Å². The van der Waals surface area contributed by atoms with Crippen molar-refractivity contribution >= 4 is 57.9 Å². The molecule has 5 aromatic rings. The number of nitrogens with zero attached hydrogens (tertiary/aromatic N) is 2. The molecule has 0 unspecified atom stereocenters. The van der Waals surface area contributed by atoms with Crippen LogP contribution in [0.25, 0.3) is 6.08 Å². The van der Waals surface area contributed by atoms with E-state index in [0.29, 0.717) is 32.9 Å². The molecule has 1 saturated heterocycles. The number of urea groups is 1. The zero-order valence-electron chi connectivity index (χ0n) is 29.6. The van der Waals surface area contributed by atoms with Crippen LogP contribution in [0.2, 0.25) is 0 Å². The van der Waals surface area contributed by atoms with Crippen molar-refractivity contribution in [3.05, 3.63) is 158 Å². The van der Waals surface area contributed by atoms with Gasteiger partial charge in [0.25, 0.3) is 11.8 Å². The molecule has 1 fully saturated rings. The van der Waals surface area contributed by atoms with Crippen LogP contribution in [0.4, 0.5) is 20.6 Å². The summed E-state index contributed by atoms with van der Waals surface area (Å²) in [7, 11) is 0. The lowest BCUT2D eigenvalue weighted by Crippen LogP contribution is -2.54. The highest BCUT2D eigenvalue weighted by atomic mass is 127. The first-order valence-electron chi connectivity index (χ1n) is 18.1. The van der Waals surface area contributed by atoms with E-state index in [1.54, 1.807) is 24.3 Å². The van der Waals surface area contributed by atoms with Gasteiger partial charge in [0.2, 0.25) is 0 Å². The molecule has 5 aromatic carbocycles. The summed E-state index contributed by atoms with van der Waals surface area (Å²) in [5.74, 6) is -0.785. The van der Waals surface area contributed by atoms with E-state index in [1.165, 1.54) is 29.3 Å². The molecule has 0 saturated carbocycles. The molecule has 0 aliphatic carbocycles. The number of hydrogen-bond acceptors (Lipinski definition) is 6. The first-order chi connectivity index (χ1) is 26.3. The average molecular weight is 834 g/mol. The Morgan fingerprint density at radius 3 is 2.02 bits per heavy atom. The number of ether oxygens (including phenoxy) is 2. The van der Waals surface area contributed by atoms with Gasteiger partial charge in [0.05, 0.1) is 15.9 Å². The van der Waals surface area contributed by atoms with Gasteiger partial charge in [-0.3, -0.25) is 14.9 Å². The quantitative estimate of drug-likeness (QED) is 0.0907. The summed E-state index contributed by atoms with van der Waals surface area (Å²) in [4.78, 5) is 45.0. The van der Waals surface area contributed by atoms with Crippen LogP contribution in [0.15, 0.2) is 115 Å². The molecular formula is C44H37FIN3O5. The molecule has 3 aliphatic rings. The summed E-state index contributed by atoms with van der Waals surface area (Å²) in [5, 5.41) is 2.43. The Labute approximate surface area is 326 Å². The second kappa shape index (κ2) is 15.1. The molecule has 3 aliphatic heterocycles. The predicted octanol–water partition coefficient (Wildman–Crippen LogP) is 8.95. The molecule has 0 radical (unpaired) electrons. The molecule has 4 amide bonds. The van der Waals surface area contributed by atoms with Crippen LogP contribution in [0, 0.1) is 9.39 Å². The lowest BCUT2D eigenvalue weighted by atomic mass is 9.76. The van der Waals surface area contributed by atoms with Crippen molar-refractivity contribution in [2.75, 3.05) is 29.5 Å². The second-order valence-electron chi connectivity index (χ2n) is 13.6. The number of nitrogens with one attached hydrogen (secondary N) is 1. The SMILES string of the molecule is CCOc1cc(/C=C2\C(=O)NC(=O)N(c3cc4c5c(c3)[C@H](c3ccccc3)CCN5CC[C@H]4c3ccccc3)C2=O)cc(I)c1OCc1ccc(F)cc1. The van der Waals surface area contributed by atoms with Crippen molar-refractivity contribution in [2.24, 2.45) is 0 Å². The van der Waals surface area contributed by atoms with Gasteiger partial charge in [-0.25, -0.2) is 14.1 Å². The molecule has 272 valence electrons. The Kier molecular flexibility index (Phi) is 9.93. The number of hydrogen-bond donors (Lipinski definition) is 1. The lowest BCUT2D eigenvalue weighted by molar-refractivity contribution is -0.122. The lowest BCUT2D eigenvalue weighted by Gasteiger charge is -2.44. The minimum atomic E-state index is -0.792. The van der Waals surface area contributed by atoms with Gasteiger partial charge in [-0.2, -0.15) is 0 Å². The number of carbonyl (C=O) groups excluding carboxylic acids is 3. The summed E-state index contributed by atoms with van der Waals surface area (Å²) in [6, 6.07) is 33.4. The van der Waals surface area contributed by atoms with Crippen LogP contribution in [-0.4, -0.2) is 37.5 Å². The standard InChI is InChI=1S/C44H37FIN3O5/c1-2-53-39-23-28(22-38(46)41(39)54-26-27-13-15-31(45)16-14-27)21-37-42(50)47-44(52)49(43(37)51)32-24-35-33(29-9-5-3-6-10-29)17-19-48-20-18-34(36(25-32)40(35)48)30-11-7-4-8-12-30/h3-16,21-25,33-34H,2,17-20,26H2,1H3,(H,47,50,52)/b37-21+/t33-,34-/m0/s1. The maximum absolute atomic E-state index is 14.4. The Balaban J connectivity index is 1.19. The van der Waals surface area contributed by atoms with E-state index in [9.17, 15) is 18.8 Å². The summed E-state index contributed by atoms with van der Waals surface area (Å²) >= 11 is 2.12. The molecule has 0 spiro atoms. The fourth-order valence-electron chi connectivity index (χ4n) is 7.84. The van der Waals surface area contributed by atoms with Crippen LogP contribution in [0.1, 0.15) is 65.0 Å². The highest BCUT2D eigenvalue weighted by molar-refractivity contribution is 14.1. The van der Waals surface area contributed by atoms with Gasteiger partial charge < -0.3 is 14.4 Å². The summed E-state index contributed by atoms with van der Waals surface area (Å²) < 4.78 is 26.2. The van der Waals surface area contributed by atoms with Gasteiger partial charge in [0, 0.05) is 30.6 Å². The number of benzene rings is 5. The number of carbonyl (C=O) groups is 3. The van der Waals surface area contributed by atoms with Crippen molar-refractivity contribution < 1.29 is 28.2 Å². The molecule has 10 heteroatoms. The molecule has 8 rings (SSSR count). The van der Waals surface area contributed by atoms with Crippen LogP contribution in [0.3, 0.4) is 0 Å². The fraction of sp³-hybridized carbons (Fsp3) is 0.205. The van der Waals surface area contributed by atoms with Gasteiger partial charge in [-0.1, -0.05) is 72.8 Å². The molecule has 8 nitrogen and oxygen atoms in total. The summed E-state index contributed by atoms with van der Waals surface area (Å²) in [6.07, 6.45) is 3.27. The van der Waals surface area contributed by atoms with Crippen molar-refractivity contribution in [1.29, 1.82) is 0 Å². The number of anilines is 2. The maximum atomic E-state index is 14.4. The van der Waals surface area contributed by atoms with E-state index < -0.39 is 17.8 Å². The van der Waals surface area contributed by atoms with Crippen LogP contribution in [0.5, 0.6) is 11.5 Å². The number of imide groups is 2. The predicted molar refractivity (Wildman–Crippen MR) is 215 cm³/mol. The third-order valence-electron chi connectivity index (χ3n) is 10.3. The minimum Gasteiger partial charge on any atom is -0.490 e.